The van der Waals surface area contributed by atoms with E-state index in [2.05, 4.69) is 65.4 Å². The molecule has 1 aliphatic rings. The summed E-state index contributed by atoms with van der Waals surface area (Å²) in [6.45, 7) is 2.77. The fraction of sp³-hybridized carbons (Fsp3) is 0.333. The number of rotatable bonds is 6. The van der Waals surface area contributed by atoms with Crippen LogP contribution in [0.3, 0.4) is 0 Å². The normalized spacial score (nSPS) is 17.9. The van der Waals surface area contributed by atoms with Gasteiger partial charge in [-0.25, -0.2) is 0 Å². The fourth-order valence-electron chi connectivity index (χ4n) is 4.74. The van der Waals surface area contributed by atoms with Gasteiger partial charge in [0.2, 0.25) is 0 Å². The molecule has 1 heterocycles. The van der Waals surface area contributed by atoms with Gasteiger partial charge in [0.1, 0.15) is 5.75 Å². The van der Waals surface area contributed by atoms with Crippen molar-refractivity contribution in [2.45, 2.75) is 24.7 Å². The molecule has 1 unspecified atom stereocenters. The van der Waals surface area contributed by atoms with Crippen LogP contribution in [0.1, 0.15) is 28.2 Å². The molecule has 0 amide bonds. The molecule has 0 N–H and O–H groups in total. The van der Waals surface area contributed by atoms with Gasteiger partial charge in [-0.05, 0) is 36.4 Å². The standard InChI is InChI=1S/C27H29F3N2O/c1-31-15-16-32(18-22-17-23(27(28,29)30)13-14-25(22)33-2)19-24(31)26(20-9-5-3-6-10-20)21-11-7-4-8-12-21/h3-14,17,24,26H,15-16,18-19H2,1-2H3. The third-order valence-electron chi connectivity index (χ3n) is 6.48. The van der Waals surface area contributed by atoms with Crippen molar-refractivity contribution in [3.8, 4) is 5.75 Å². The molecule has 1 fully saturated rings. The zero-order chi connectivity index (χ0) is 23.4. The first-order valence-corrected chi connectivity index (χ1v) is 11.1. The lowest BCUT2D eigenvalue weighted by Crippen LogP contribution is -2.53. The molecule has 0 spiro atoms. The lowest BCUT2D eigenvalue weighted by molar-refractivity contribution is -0.137. The Balaban J connectivity index is 1.63. The molecule has 0 radical (unpaired) electrons. The first kappa shape index (κ1) is 23.3. The molecule has 174 valence electrons. The van der Waals surface area contributed by atoms with Gasteiger partial charge in [0.15, 0.2) is 0 Å². The van der Waals surface area contributed by atoms with E-state index in [0.29, 0.717) is 17.9 Å². The Morgan fingerprint density at radius 1 is 0.909 bits per heavy atom. The van der Waals surface area contributed by atoms with Gasteiger partial charge >= 0.3 is 6.18 Å². The minimum absolute atomic E-state index is 0.156. The Labute approximate surface area is 193 Å². The maximum absolute atomic E-state index is 13.3. The van der Waals surface area contributed by atoms with Gasteiger partial charge in [-0.15, -0.1) is 0 Å². The molecular formula is C27H29F3N2O. The highest BCUT2D eigenvalue weighted by Gasteiger charge is 2.34. The molecule has 3 aromatic rings. The van der Waals surface area contributed by atoms with Crippen LogP contribution in [-0.2, 0) is 12.7 Å². The molecule has 1 atom stereocenters. The molecule has 33 heavy (non-hydrogen) atoms. The van der Waals surface area contributed by atoms with Crippen LogP contribution in [0.4, 0.5) is 13.2 Å². The number of benzene rings is 3. The van der Waals surface area contributed by atoms with Crippen molar-refractivity contribution in [1.82, 2.24) is 9.80 Å². The zero-order valence-electron chi connectivity index (χ0n) is 18.9. The van der Waals surface area contributed by atoms with Gasteiger partial charge in [-0.2, -0.15) is 13.2 Å². The maximum atomic E-state index is 13.3. The Hall–Kier alpha value is -2.83. The van der Waals surface area contributed by atoms with Crippen molar-refractivity contribution >= 4 is 0 Å². The molecule has 3 nitrogen and oxygen atoms in total. The van der Waals surface area contributed by atoms with Crippen LogP contribution in [0.5, 0.6) is 5.75 Å². The smallest absolute Gasteiger partial charge is 0.416 e. The number of piperazine rings is 1. The van der Waals surface area contributed by atoms with E-state index in [-0.39, 0.29) is 12.0 Å². The summed E-state index contributed by atoms with van der Waals surface area (Å²) >= 11 is 0. The number of nitrogens with zero attached hydrogens (tertiary/aromatic N) is 2. The van der Waals surface area contributed by atoms with Crippen LogP contribution in [-0.4, -0.2) is 49.6 Å². The zero-order valence-corrected chi connectivity index (χ0v) is 18.9. The van der Waals surface area contributed by atoms with Crippen LogP contribution in [0.2, 0.25) is 0 Å². The number of ether oxygens (including phenoxy) is 1. The second kappa shape index (κ2) is 9.98. The summed E-state index contributed by atoms with van der Waals surface area (Å²) in [6, 6.07) is 24.8. The van der Waals surface area contributed by atoms with E-state index >= 15 is 0 Å². The third-order valence-corrected chi connectivity index (χ3v) is 6.48. The number of halogens is 3. The number of alkyl halides is 3. The van der Waals surface area contributed by atoms with E-state index < -0.39 is 11.7 Å². The van der Waals surface area contributed by atoms with Crippen molar-refractivity contribution in [3.63, 3.8) is 0 Å². The Morgan fingerprint density at radius 3 is 2.06 bits per heavy atom. The SMILES string of the molecule is COc1ccc(C(F)(F)F)cc1CN1CCN(C)C(C(c2ccccc2)c2ccccc2)C1. The highest BCUT2D eigenvalue weighted by atomic mass is 19.4. The van der Waals surface area contributed by atoms with Crippen molar-refractivity contribution < 1.29 is 17.9 Å². The molecule has 0 bridgehead atoms. The predicted molar refractivity (Wildman–Crippen MR) is 124 cm³/mol. The van der Waals surface area contributed by atoms with Gasteiger partial charge in [-0.3, -0.25) is 9.80 Å². The lowest BCUT2D eigenvalue weighted by atomic mass is 9.83. The molecule has 4 rings (SSSR count). The number of likely N-dealkylation sites (N-methyl/N-ethyl adjacent to an activating group) is 1. The van der Waals surface area contributed by atoms with Gasteiger partial charge in [0.05, 0.1) is 12.7 Å². The minimum atomic E-state index is -4.38. The summed E-state index contributed by atoms with van der Waals surface area (Å²) < 4.78 is 45.3. The minimum Gasteiger partial charge on any atom is -0.496 e. The van der Waals surface area contributed by atoms with Crippen LogP contribution in [0.25, 0.3) is 0 Å². The van der Waals surface area contributed by atoms with Crippen LogP contribution < -0.4 is 4.74 Å². The average Bonchev–Trinajstić information content (AvgIpc) is 2.82. The lowest BCUT2D eigenvalue weighted by Gasteiger charge is -2.43. The number of methoxy groups -OCH3 is 1. The van der Waals surface area contributed by atoms with E-state index in [1.165, 1.54) is 30.4 Å². The molecule has 1 aliphatic heterocycles. The van der Waals surface area contributed by atoms with E-state index in [9.17, 15) is 13.2 Å². The van der Waals surface area contributed by atoms with Gasteiger partial charge in [0.25, 0.3) is 0 Å². The Morgan fingerprint density at radius 2 is 1.52 bits per heavy atom. The maximum Gasteiger partial charge on any atom is 0.416 e. The van der Waals surface area contributed by atoms with E-state index in [1.54, 1.807) is 0 Å². The van der Waals surface area contributed by atoms with Crippen molar-refractivity contribution in [2.75, 3.05) is 33.8 Å². The predicted octanol–water partition coefficient (Wildman–Crippen LogP) is 5.66. The quantitative estimate of drug-likeness (QED) is 0.478. The number of hydrogen-bond acceptors (Lipinski definition) is 3. The van der Waals surface area contributed by atoms with Gasteiger partial charge < -0.3 is 4.74 Å². The summed E-state index contributed by atoms with van der Waals surface area (Å²) in [5, 5.41) is 0. The molecule has 6 heteroatoms. The average molecular weight is 455 g/mol. The van der Waals surface area contributed by atoms with Crippen molar-refractivity contribution in [3.05, 3.63) is 101 Å². The largest absolute Gasteiger partial charge is 0.496 e. The summed E-state index contributed by atoms with van der Waals surface area (Å²) in [7, 11) is 3.63. The van der Waals surface area contributed by atoms with Crippen LogP contribution in [0.15, 0.2) is 78.9 Å². The van der Waals surface area contributed by atoms with Crippen molar-refractivity contribution in [1.29, 1.82) is 0 Å². The first-order chi connectivity index (χ1) is 15.9. The molecule has 1 saturated heterocycles. The molecular weight excluding hydrogens is 425 g/mol. The second-order valence-corrected chi connectivity index (χ2v) is 8.61. The number of hydrogen-bond donors (Lipinski definition) is 0. The van der Waals surface area contributed by atoms with Crippen LogP contribution in [0, 0.1) is 0 Å². The van der Waals surface area contributed by atoms with E-state index in [0.717, 1.165) is 25.7 Å². The Bertz CT molecular complexity index is 1000. The molecule has 0 aromatic heterocycles. The topological polar surface area (TPSA) is 15.7 Å². The second-order valence-electron chi connectivity index (χ2n) is 8.61. The summed E-state index contributed by atoms with van der Waals surface area (Å²) in [4.78, 5) is 4.60. The third kappa shape index (κ3) is 5.40. The van der Waals surface area contributed by atoms with E-state index in [4.69, 9.17) is 4.74 Å². The first-order valence-electron chi connectivity index (χ1n) is 11.1. The molecule has 0 aliphatic carbocycles. The van der Waals surface area contributed by atoms with Crippen molar-refractivity contribution in [2.24, 2.45) is 0 Å². The highest BCUT2D eigenvalue weighted by Crippen LogP contribution is 2.35. The summed E-state index contributed by atoms with van der Waals surface area (Å²) in [5.74, 6) is 0.643. The highest BCUT2D eigenvalue weighted by molar-refractivity contribution is 5.39. The fourth-order valence-corrected chi connectivity index (χ4v) is 4.74. The van der Waals surface area contributed by atoms with Crippen LogP contribution >= 0.6 is 0 Å². The van der Waals surface area contributed by atoms with Gasteiger partial charge in [-0.1, -0.05) is 60.7 Å². The summed E-state index contributed by atoms with van der Waals surface area (Å²) in [6.07, 6.45) is -4.38. The van der Waals surface area contributed by atoms with Gasteiger partial charge in [0, 0.05) is 43.7 Å². The summed E-state index contributed by atoms with van der Waals surface area (Å²) in [5.41, 5.74) is 2.39. The monoisotopic (exact) mass is 454 g/mol. The van der Waals surface area contributed by atoms with E-state index in [1.807, 2.05) is 12.1 Å². The molecule has 0 saturated carbocycles. The molecule has 3 aromatic carbocycles. The Kier molecular flexibility index (Phi) is 7.05.